The molecule has 3 aromatic rings. The Morgan fingerprint density at radius 3 is 2.27 bits per heavy atom. The lowest BCUT2D eigenvalue weighted by molar-refractivity contribution is -0.127. The van der Waals surface area contributed by atoms with E-state index in [2.05, 4.69) is 48.6 Å². The predicted octanol–water partition coefficient (Wildman–Crippen LogP) is 5.55. The summed E-state index contributed by atoms with van der Waals surface area (Å²) in [5.41, 5.74) is 6.07. The van der Waals surface area contributed by atoms with Crippen LogP contribution >= 0.6 is 0 Å². The Hall–Kier alpha value is -3.07. The second kappa shape index (κ2) is 9.17. The van der Waals surface area contributed by atoms with Gasteiger partial charge in [-0.3, -0.25) is 4.79 Å². The standard InChI is InChI=1S/C27H29NO2/c1-19-12-14-23(15-13-19)26(22-9-4-3-5-10-22)28-27(29)20(2)30-25-17-16-21-8-6-7-11-24(21)18-25/h3-5,9-10,12-18,20,26H,6-8,11H2,1-2H3,(H,28,29)/t20-,26-/m1/s1. The summed E-state index contributed by atoms with van der Waals surface area (Å²) in [6.07, 6.45) is 4.13. The summed E-state index contributed by atoms with van der Waals surface area (Å²) in [6, 6.07) is 24.4. The predicted molar refractivity (Wildman–Crippen MR) is 121 cm³/mol. The molecule has 1 aliphatic carbocycles. The molecule has 0 saturated carbocycles. The van der Waals surface area contributed by atoms with Gasteiger partial charge in [-0.05, 0) is 73.9 Å². The van der Waals surface area contributed by atoms with Gasteiger partial charge in [0.2, 0.25) is 0 Å². The van der Waals surface area contributed by atoms with E-state index in [1.54, 1.807) is 0 Å². The Labute approximate surface area is 179 Å². The molecule has 154 valence electrons. The van der Waals surface area contributed by atoms with E-state index in [-0.39, 0.29) is 11.9 Å². The third-order valence-electron chi connectivity index (χ3n) is 5.83. The molecule has 0 radical (unpaired) electrons. The van der Waals surface area contributed by atoms with E-state index in [1.165, 1.54) is 29.5 Å². The maximum absolute atomic E-state index is 13.0. The molecule has 0 heterocycles. The van der Waals surface area contributed by atoms with E-state index in [0.29, 0.717) is 0 Å². The lowest BCUT2D eigenvalue weighted by Crippen LogP contribution is -2.39. The van der Waals surface area contributed by atoms with Crippen LogP contribution in [0.2, 0.25) is 0 Å². The molecule has 0 aliphatic heterocycles. The Morgan fingerprint density at radius 2 is 1.53 bits per heavy atom. The van der Waals surface area contributed by atoms with Crippen LogP contribution < -0.4 is 10.1 Å². The van der Waals surface area contributed by atoms with Crippen molar-refractivity contribution < 1.29 is 9.53 Å². The number of carbonyl (C=O) groups excluding carboxylic acids is 1. The highest BCUT2D eigenvalue weighted by Crippen LogP contribution is 2.26. The van der Waals surface area contributed by atoms with Crippen molar-refractivity contribution in [1.29, 1.82) is 0 Å². The van der Waals surface area contributed by atoms with Crippen LogP contribution in [0.15, 0.2) is 72.8 Å². The number of fused-ring (bicyclic) bond motifs is 1. The fourth-order valence-corrected chi connectivity index (χ4v) is 4.06. The maximum Gasteiger partial charge on any atom is 0.261 e. The van der Waals surface area contributed by atoms with E-state index in [4.69, 9.17) is 4.74 Å². The number of rotatable bonds is 6. The second-order valence-corrected chi connectivity index (χ2v) is 8.16. The SMILES string of the molecule is Cc1ccc([C@H](NC(=O)[C@@H](C)Oc2ccc3c(c2)CCCC3)c2ccccc2)cc1. The van der Waals surface area contributed by atoms with Crippen molar-refractivity contribution in [2.45, 2.75) is 51.7 Å². The topological polar surface area (TPSA) is 38.3 Å². The zero-order valence-corrected chi connectivity index (χ0v) is 17.7. The molecule has 0 spiro atoms. The maximum atomic E-state index is 13.0. The van der Waals surface area contributed by atoms with E-state index in [1.807, 2.05) is 43.3 Å². The molecule has 3 heteroatoms. The molecule has 3 nitrogen and oxygen atoms in total. The van der Waals surface area contributed by atoms with Gasteiger partial charge in [-0.1, -0.05) is 66.2 Å². The van der Waals surface area contributed by atoms with Crippen LogP contribution in [0.3, 0.4) is 0 Å². The fraction of sp³-hybridized carbons (Fsp3) is 0.296. The summed E-state index contributed by atoms with van der Waals surface area (Å²) in [4.78, 5) is 13.0. The van der Waals surface area contributed by atoms with Gasteiger partial charge in [0.15, 0.2) is 6.10 Å². The average Bonchev–Trinajstić information content (AvgIpc) is 2.78. The fourth-order valence-electron chi connectivity index (χ4n) is 4.06. The van der Waals surface area contributed by atoms with Crippen molar-refractivity contribution in [2.75, 3.05) is 0 Å². The van der Waals surface area contributed by atoms with Crippen molar-refractivity contribution in [3.8, 4) is 5.75 Å². The molecule has 0 unspecified atom stereocenters. The van der Waals surface area contributed by atoms with Crippen molar-refractivity contribution in [1.82, 2.24) is 5.32 Å². The molecular formula is C27H29NO2. The highest BCUT2D eigenvalue weighted by atomic mass is 16.5. The van der Waals surface area contributed by atoms with Crippen molar-refractivity contribution >= 4 is 5.91 Å². The van der Waals surface area contributed by atoms with Gasteiger partial charge < -0.3 is 10.1 Å². The number of hydrogen-bond acceptors (Lipinski definition) is 2. The zero-order valence-electron chi connectivity index (χ0n) is 17.7. The molecule has 1 N–H and O–H groups in total. The van der Waals surface area contributed by atoms with Crippen LogP contribution in [0.5, 0.6) is 5.75 Å². The van der Waals surface area contributed by atoms with Crippen LogP contribution in [0.4, 0.5) is 0 Å². The van der Waals surface area contributed by atoms with Gasteiger partial charge in [-0.15, -0.1) is 0 Å². The highest BCUT2D eigenvalue weighted by Gasteiger charge is 2.22. The van der Waals surface area contributed by atoms with Gasteiger partial charge in [-0.25, -0.2) is 0 Å². The van der Waals surface area contributed by atoms with E-state index in [0.717, 1.165) is 29.7 Å². The minimum Gasteiger partial charge on any atom is -0.481 e. The van der Waals surface area contributed by atoms with Crippen LogP contribution in [-0.2, 0) is 17.6 Å². The smallest absolute Gasteiger partial charge is 0.261 e. The first-order chi connectivity index (χ1) is 14.6. The Bertz CT molecular complexity index is 995. The van der Waals surface area contributed by atoms with Crippen LogP contribution in [0, 0.1) is 6.92 Å². The lowest BCUT2D eigenvalue weighted by atomic mass is 9.92. The van der Waals surface area contributed by atoms with Crippen LogP contribution in [0.1, 0.15) is 53.6 Å². The van der Waals surface area contributed by atoms with Gasteiger partial charge in [0, 0.05) is 0 Å². The highest BCUT2D eigenvalue weighted by molar-refractivity contribution is 5.81. The monoisotopic (exact) mass is 399 g/mol. The number of carbonyl (C=O) groups is 1. The number of benzene rings is 3. The number of nitrogens with one attached hydrogen (secondary N) is 1. The van der Waals surface area contributed by atoms with Gasteiger partial charge in [0.1, 0.15) is 5.75 Å². The van der Waals surface area contributed by atoms with E-state index < -0.39 is 6.10 Å². The molecule has 4 rings (SSSR count). The Balaban J connectivity index is 1.50. The summed E-state index contributed by atoms with van der Waals surface area (Å²) in [6.45, 7) is 3.88. The zero-order chi connectivity index (χ0) is 20.9. The molecular weight excluding hydrogens is 370 g/mol. The number of hydrogen-bond donors (Lipinski definition) is 1. The second-order valence-electron chi connectivity index (χ2n) is 8.16. The first-order valence-corrected chi connectivity index (χ1v) is 10.8. The minimum atomic E-state index is -0.580. The lowest BCUT2D eigenvalue weighted by Gasteiger charge is -2.23. The van der Waals surface area contributed by atoms with Gasteiger partial charge >= 0.3 is 0 Å². The van der Waals surface area contributed by atoms with Crippen molar-refractivity contribution in [3.63, 3.8) is 0 Å². The van der Waals surface area contributed by atoms with Gasteiger partial charge in [-0.2, -0.15) is 0 Å². The van der Waals surface area contributed by atoms with Crippen molar-refractivity contribution in [3.05, 3.63) is 101 Å². The number of amides is 1. The van der Waals surface area contributed by atoms with E-state index >= 15 is 0 Å². The van der Waals surface area contributed by atoms with E-state index in [9.17, 15) is 4.79 Å². The quantitative estimate of drug-likeness (QED) is 0.590. The molecule has 0 bridgehead atoms. The summed E-state index contributed by atoms with van der Waals surface area (Å²) in [5.74, 6) is 0.645. The molecule has 30 heavy (non-hydrogen) atoms. The van der Waals surface area contributed by atoms with Crippen LogP contribution in [-0.4, -0.2) is 12.0 Å². The molecule has 2 atom stereocenters. The third kappa shape index (κ3) is 4.73. The van der Waals surface area contributed by atoms with Gasteiger partial charge in [0.05, 0.1) is 6.04 Å². The molecule has 0 aromatic heterocycles. The largest absolute Gasteiger partial charge is 0.481 e. The van der Waals surface area contributed by atoms with Crippen LogP contribution in [0.25, 0.3) is 0 Å². The summed E-state index contributed by atoms with van der Waals surface area (Å²) >= 11 is 0. The summed E-state index contributed by atoms with van der Waals surface area (Å²) in [5, 5.41) is 3.19. The first kappa shape index (κ1) is 20.2. The molecule has 1 aliphatic rings. The van der Waals surface area contributed by atoms with Crippen molar-refractivity contribution in [2.24, 2.45) is 0 Å². The number of aryl methyl sites for hydroxylation is 3. The summed E-state index contributed by atoms with van der Waals surface area (Å²) < 4.78 is 6.02. The normalized spacial score (nSPS) is 15.0. The Kier molecular flexibility index (Phi) is 6.18. The molecule has 3 aromatic carbocycles. The number of ether oxygens (including phenoxy) is 1. The Morgan fingerprint density at radius 1 is 0.867 bits per heavy atom. The molecule has 1 amide bonds. The summed E-state index contributed by atoms with van der Waals surface area (Å²) in [7, 11) is 0. The third-order valence-corrected chi connectivity index (χ3v) is 5.83. The molecule has 0 saturated heterocycles. The van der Waals surface area contributed by atoms with Gasteiger partial charge in [0.25, 0.3) is 5.91 Å². The minimum absolute atomic E-state index is 0.123. The molecule has 0 fully saturated rings. The average molecular weight is 400 g/mol. The first-order valence-electron chi connectivity index (χ1n) is 10.8.